The third-order valence-electron chi connectivity index (χ3n) is 7.53. The second-order valence-corrected chi connectivity index (χ2v) is 12.1. The van der Waals surface area contributed by atoms with Crippen molar-refractivity contribution >= 4 is 40.8 Å². The molecule has 2 amide bonds. The van der Waals surface area contributed by atoms with Crippen LogP contribution in [0.5, 0.6) is 17.2 Å². The molecule has 1 heterocycles. The van der Waals surface area contributed by atoms with Crippen LogP contribution in [0.3, 0.4) is 0 Å². The number of ether oxygens (including phenoxy) is 3. The van der Waals surface area contributed by atoms with Gasteiger partial charge in [0.15, 0.2) is 11.5 Å². The molecule has 4 rings (SSSR count). The van der Waals surface area contributed by atoms with Crippen molar-refractivity contribution in [1.82, 2.24) is 5.32 Å². The van der Waals surface area contributed by atoms with E-state index in [0.29, 0.717) is 34.0 Å². The molecule has 0 radical (unpaired) electrons. The van der Waals surface area contributed by atoms with Crippen molar-refractivity contribution in [3.8, 4) is 17.2 Å². The van der Waals surface area contributed by atoms with Crippen molar-refractivity contribution in [2.75, 3.05) is 19.0 Å². The summed E-state index contributed by atoms with van der Waals surface area (Å²) in [5, 5.41) is 17.0. The number of aliphatic carboxylic acids is 1. The lowest BCUT2D eigenvalue weighted by molar-refractivity contribution is -0.139. The van der Waals surface area contributed by atoms with E-state index in [2.05, 4.69) is 17.6 Å². The van der Waals surface area contributed by atoms with Gasteiger partial charge in [0, 0.05) is 17.7 Å². The van der Waals surface area contributed by atoms with E-state index in [1.165, 1.54) is 55.9 Å². The van der Waals surface area contributed by atoms with E-state index in [1.807, 2.05) is 18.4 Å². The molecule has 0 aliphatic heterocycles. The third kappa shape index (κ3) is 10.2. The fourth-order valence-corrected chi connectivity index (χ4v) is 5.69. The van der Waals surface area contributed by atoms with Crippen LogP contribution in [0, 0.1) is 6.92 Å². The highest BCUT2D eigenvalue weighted by molar-refractivity contribution is 7.12. The maximum atomic E-state index is 13.0. The predicted octanol–water partition coefficient (Wildman–Crippen LogP) is 7.31. The van der Waals surface area contributed by atoms with Crippen LogP contribution in [0.2, 0.25) is 0 Å². The van der Waals surface area contributed by atoms with Crippen molar-refractivity contribution in [2.24, 2.45) is 0 Å². The fourth-order valence-electron chi connectivity index (χ4n) is 4.87. The highest BCUT2D eigenvalue weighted by atomic mass is 32.1. The van der Waals surface area contributed by atoms with Gasteiger partial charge in [0.05, 0.1) is 24.2 Å². The summed E-state index contributed by atoms with van der Waals surface area (Å²) < 4.78 is 16.8. The fraction of sp³-hybridized carbons (Fsp3) is 0.297. The highest BCUT2D eigenvalue weighted by Crippen LogP contribution is 2.30. The maximum Gasteiger partial charge on any atom is 0.343 e. The molecule has 3 N–H and O–H groups in total. The Labute approximate surface area is 284 Å². The number of carboxylic acids is 1. The van der Waals surface area contributed by atoms with Gasteiger partial charge in [-0.1, -0.05) is 44.7 Å². The van der Waals surface area contributed by atoms with Crippen LogP contribution in [0.25, 0.3) is 0 Å². The standard InChI is InChI=1S/C37H40N2O8S/c1-4-5-6-7-8-19-46-29-15-13-26(14-16-29)37(44)47-31-17-12-25(22-32(31)45-3)21-30(36(42)43)39-34(40)27-10-9-11-28(23-27)38-35(41)33-24(2)18-20-48-33/h9-18,20,22-23,30H,4-8,19,21H2,1-3H3,(H,38,41)(H,39,40)(H,42,43). The molecule has 252 valence electrons. The third-order valence-corrected chi connectivity index (χ3v) is 8.55. The van der Waals surface area contributed by atoms with Gasteiger partial charge in [0.2, 0.25) is 0 Å². The van der Waals surface area contributed by atoms with E-state index < -0.39 is 23.9 Å². The molecule has 48 heavy (non-hydrogen) atoms. The molecular formula is C37H40N2O8S. The van der Waals surface area contributed by atoms with Gasteiger partial charge in [-0.15, -0.1) is 11.3 Å². The summed E-state index contributed by atoms with van der Waals surface area (Å²) in [5.41, 5.74) is 2.29. The number of aryl methyl sites for hydroxylation is 1. The molecule has 3 aromatic carbocycles. The lowest BCUT2D eigenvalue weighted by atomic mass is 10.0. The van der Waals surface area contributed by atoms with Gasteiger partial charge in [0.1, 0.15) is 11.8 Å². The second kappa shape index (κ2) is 17.7. The molecule has 1 aromatic heterocycles. The number of hydrogen-bond acceptors (Lipinski definition) is 8. The molecule has 0 fully saturated rings. The summed E-state index contributed by atoms with van der Waals surface area (Å²) in [6, 6.07) is 18.2. The van der Waals surface area contributed by atoms with Gasteiger partial charge in [-0.25, -0.2) is 9.59 Å². The molecule has 0 saturated heterocycles. The maximum absolute atomic E-state index is 13.0. The van der Waals surface area contributed by atoms with Gasteiger partial charge >= 0.3 is 11.9 Å². The van der Waals surface area contributed by atoms with Crippen LogP contribution in [-0.2, 0) is 11.2 Å². The lowest BCUT2D eigenvalue weighted by Gasteiger charge is -2.17. The van der Waals surface area contributed by atoms with Crippen molar-refractivity contribution in [3.63, 3.8) is 0 Å². The number of nitrogens with one attached hydrogen (secondary N) is 2. The van der Waals surface area contributed by atoms with Gasteiger partial charge < -0.3 is 30.0 Å². The summed E-state index contributed by atoms with van der Waals surface area (Å²) in [5.74, 6) is -1.68. The number of anilines is 1. The summed E-state index contributed by atoms with van der Waals surface area (Å²) >= 11 is 1.32. The van der Waals surface area contributed by atoms with Gasteiger partial charge in [0.25, 0.3) is 11.8 Å². The largest absolute Gasteiger partial charge is 0.494 e. The highest BCUT2D eigenvalue weighted by Gasteiger charge is 2.23. The Hall–Kier alpha value is -5.16. The quantitative estimate of drug-likeness (QED) is 0.0603. The number of rotatable bonds is 17. The number of carbonyl (C=O) groups is 4. The number of unbranched alkanes of at least 4 members (excludes halogenated alkanes) is 4. The minimum absolute atomic E-state index is 0.0696. The first kappa shape index (κ1) is 35.7. The van der Waals surface area contributed by atoms with Gasteiger partial charge in [-0.2, -0.15) is 0 Å². The molecule has 0 bridgehead atoms. The molecule has 11 heteroatoms. The number of esters is 1. The molecule has 0 aliphatic carbocycles. The zero-order valence-electron chi connectivity index (χ0n) is 27.2. The molecule has 4 aromatic rings. The Kier molecular flexibility index (Phi) is 13.1. The summed E-state index contributed by atoms with van der Waals surface area (Å²) in [4.78, 5) is 51.2. The minimum Gasteiger partial charge on any atom is -0.494 e. The van der Waals surface area contributed by atoms with Crippen LogP contribution in [0.15, 0.2) is 78.2 Å². The average Bonchev–Trinajstić information content (AvgIpc) is 3.52. The van der Waals surface area contributed by atoms with Gasteiger partial charge in [-0.3, -0.25) is 9.59 Å². The molecule has 0 saturated carbocycles. The van der Waals surface area contributed by atoms with Crippen LogP contribution < -0.4 is 24.8 Å². The predicted molar refractivity (Wildman–Crippen MR) is 185 cm³/mol. The van der Waals surface area contributed by atoms with E-state index in [1.54, 1.807) is 48.5 Å². The second-order valence-electron chi connectivity index (χ2n) is 11.2. The van der Waals surface area contributed by atoms with Crippen molar-refractivity contribution in [3.05, 3.63) is 105 Å². The van der Waals surface area contributed by atoms with E-state index >= 15 is 0 Å². The smallest absolute Gasteiger partial charge is 0.343 e. The van der Waals surface area contributed by atoms with Crippen LogP contribution in [0.4, 0.5) is 5.69 Å². The van der Waals surface area contributed by atoms with E-state index in [0.717, 1.165) is 18.4 Å². The van der Waals surface area contributed by atoms with Crippen molar-refractivity contribution in [2.45, 2.75) is 58.4 Å². The molecular weight excluding hydrogens is 632 g/mol. The first-order valence-corrected chi connectivity index (χ1v) is 16.7. The number of benzene rings is 3. The number of carboxylic acid groups (broad SMARTS) is 1. The molecule has 1 atom stereocenters. The normalized spacial score (nSPS) is 11.3. The summed E-state index contributed by atoms with van der Waals surface area (Å²) in [7, 11) is 1.41. The van der Waals surface area contributed by atoms with Crippen molar-refractivity contribution in [1.29, 1.82) is 0 Å². The average molecular weight is 673 g/mol. The monoisotopic (exact) mass is 672 g/mol. The van der Waals surface area contributed by atoms with Crippen molar-refractivity contribution < 1.29 is 38.5 Å². The molecule has 10 nitrogen and oxygen atoms in total. The number of hydrogen-bond donors (Lipinski definition) is 3. The zero-order chi connectivity index (χ0) is 34.5. The minimum atomic E-state index is -1.28. The molecule has 0 aliphatic rings. The molecule has 1 unspecified atom stereocenters. The Morgan fingerprint density at radius 2 is 1.62 bits per heavy atom. The van der Waals surface area contributed by atoms with E-state index in [-0.39, 0.29) is 29.4 Å². The topological polar surface area (TPSA) is 140 Å². The van der Waals surface area contributed by atoms with E-state index in [4.69, 9.17) is 14.2 Å². The number of thiophene rings is 1. The van der Waals surface area contributed by atoms with Crippen LogP contribution in [0.1, 0.15) is 80.5 Å². The SMILES string of the molecule is CCCCCCCOc1ccc(C(=O)Oc2ccc(CC(NC(=O)c3cccc(NC(=O)c4sccc4C)c3)C(=O)O)cc2OC)cc1. The van der Waals surface area contributed by atoms with Crippen LogP contribution >= 0.6 is 11.3 Å². The Morgan fingerprint density at radius 1 is 0.854 bits per heavy atom. The summed E-state index contributed by atoms with van der Waals surface area (Å²) in [6.45, 7) is 4.63. The first-order chi connectivity index (χ1) is 23.2. The Balaban J connectivity index is 1.35. The van der Waals surface area contributed by atoms with Gasteiger partial charge in [-0.05, 0) is 90.5 Å². The number of methoxy groups -OCH3 is 1. The van der Waals surface area contributed by atoms with E-state index in [9.17, 15) is 24.3 Å². The zero-order valence-corrected chi connectivity index (χ0v) is 28.1. The Bertz CT molecular complexity index is 1720. The number of carbonyl (C=O) groups excluding carboxylic acids is 3. The first-order valence-electron chi connectivity index (χ1n) is 15.8. The van der Waals surface area contributed by atoms with Crippen LogP contribution in [-0.4, -0.2) is 48.6 Å². The lowest BCUT2D eigenvalue weighted by Crippen LogP contribution is -2.42. The summed E-state index contributed by atoms with van der Waals surface area (Å²) in [6.07, 6.45) is 5.64. The Morgan fingerprint density at radius 3 is 2.31 bits per heavy atom. The molecule has 0 spiro atoms. The number of amides is 2.